The van der Waals surface area contributed by atoms with Gasteiger partial charge in [0, 0.05) is 6.54 Å². The van der Waals surface area contributed by atoms with Crippen molar-refractivity contribution < 1.29 is 0 Å². The number of hydrogen-bond acceptors (Lipinski definition) is 2. The van der Waals surface area contributed by atoms with Crippen LogP contribution in [0.15, 0.2) is 0 Å². The van der Waals surface area contributed by atoms with Gasteiger partial charge >= 0.3 is 0 Å². The Morgan fingerprint density at radius 2 is 1.54 bits per heavy atom. The van der Waals surface area contributed by atoms with Gasteiger partial charge in [-0.25, -0.2) is 0 Å². The smallest absolute Gasteiger partial charge is 0.01000 e. The van der Waals surface area contributed by atoms with Crippen LogP contribution >= 0.6 is 0 Å². The zero-order chi connectivity index (χ0) is 9.94. The minimum absolute atomic E-state index is 0.899. The van der Waals surface area contributed by atoms with E-state index in [4.69, 9.17) is 5.84 Å². The van der Waals surface area contributed by atoms with E-state index in [1.165, 1.54) is 44.9 Å². The van der Waals surface area contributed by atoms with E-state index >= 15 is 0 Å². The van der Waals surface area contributed by atoms with E-state index in [1.54, 1.807) is 0 Å². The first-order chi connectivity index (χ1) is 6.35. The minimum Gasteiger partial charge on any atom is -0.271 e. The number of hydrazine groups is 1. The molecule has 0 heterocycles. The Morgan fingerprint density at radius 3 is 1.92 bits per heavy atom. The summed E-state index contributed by atoms with van der Waals surface area (Å²) in [4.78, 5) is 0. The minimum atomic E-state index is 0.899. The van der Waals surface area contributed by atoms with E-state index in [2.05, 4.69) is 19.3 Å². The highest BCUT2D eigenvalue weighted by Crippen LogP contribution is 2.18. The first-order valence-electron chi connectivity index (χ1n) is 5.78. The van der Waals surface area contributed by atoms with Crippen molar-refractivity contribution in [2.45, 2.75) is 58.8 Å². The van der Waals surface area contributed by atoms with Crippen molar-refractivity contribution in [2.24, 2.45) is 11.8 Å². The van der Waals surface area contributed by atoms with Crippen LogP contribution in [0.3, 0.4) is 0 Å². The zero-order valence-corrected chi connectivity index (χ0v) is 9.31. The molecule has 0 aromatic carbocycles. The van der Waals surface area contributed by atoms with Gasteiger partial charge in [-0.3, -0.25) is 11.3 Å². The highest BCUT2D eigenvalue weighted by atomic mass is 15.2. The van der Waals surface area contributed by atoms with E-state index in [9.17, 15) is 0 Å². The molecule has 80 valence electrons. The van der Waals surface area contributed by atoms with Crippen LogP contribution in [-0.4, -0.2) is 6.54 Å². The molecule has 0 spiro atoms. The average Bonchev–Trinajstić information content (AvgIpc) is 2.17. The van der Waals surface area contributed by atoms with Gasteiger partial charge in [-0.2, -0.15) is 0 Å². The summed E-state index contributed by atoms with van der Waals surface area (Å²) in [6.07, 6.45) is 9.40. The van der Waals surface area contributed by atoms with Crippen LogP contribution in [0.1, 0.15) is 58.8 Å². The SMILES string of the molecule is CCCCC(CCCC)CCNN. The Balaban J connectivity index is 3.47. The number of nitrogens with two attached hydrogens (primary N) is 1. The highest BCUT2D eigenvalue weighted by molar-refractivity contribution is 4.60. The molecule has 0 saturated heterocycles. The normalized spacial score (nSPS) is 11.1. The van der Waals surface area contributed by atoms with Crippen LogP contribution in [0.5, 0.6) is 0 Å². The van der Waals surface area contributed by atoms with Crippen molar-refractivity contribution in [3.05, 3.63) is 0 Å². The quantitative estimate of drug-likeness (QED) is 0.429. The fourth-order valence-corrected chi connectivity index (χ4v) is 1.71. The topological polar surface area (TPSA) is 38.0 Å². The van der Waals surface area contributed by atoms with Crippen LogP contribution in [-0.2, 0) is 0 Å². The largest absolute Gasteiger partial charge is 0.271 e. The molecule has 0 aromatic rings. The summed E-state index contributed by atoms with van der Waals surface area (Å²) in [6, 6.07) is 0. The molecule has 0 saturated carbocycles. The van der Waals surface area contributed by atoms with Crippen LogP contribution < -0.4 is 11.3 Å². The van der Waals surface area contributed by atoms with Crippen molar-refractivity contribution in [2.75, 3.05) is 6.54 Å². The van der Waals surface area contributed by atoms with Gasteiger partial charge in [0.1, 0.15) is 0 Å². The summed E-state index contributed by atoms with van der Waals surface area (Å²) < 4.78 is 0. The molecule has 0 bridgehead atoms. The number of nitrogens with one attached hydrogen (secondary N) is 1. The van der Waals surface area contributed by atoms with Gasteiger partial charge in [-0.05, 0) is 12.3 Å². The molecule has 13 heavy (non-hydrogen) atoms. The fraction of sp³-hybridized carbons (Fsp3) is 1.00. The van der Waals surface area contributed by atoms with Gasteiger partial charge in [0.25, 0.3) is 0 Å². The average molecular weight is 186 g/mol. The summed E-state index contributed by atoms with van der Waals surface area (Å²) in [5.74, 6) is 6.18. The lowest BCUT2D eigenvalue weighted by molar-refractivity contribution is 0.386. The summed E-state index contributed by atoms with van der Waals surface area (Å²) in [5, 5.41) is 0. The monoisotopic (exact) mass is 186 g/mol. The Labute approximate surface area is 83.2 Å². The molecule has 0 fully saturated rings. The lowest BCUT2D eigenvalue weighted by Crippen LogP contribution is -2.24. The van der Waals surface area contributed by atoms with E-state index in [0.717, 1.165) is 12.5 Å². The second-order valence-corrected chi connectivity index (χ2v) is 3.89. The van der Waals surface area contributed by atoms with Gasteiger partial charge in [-0.1, -0.05) is 52.4 Å². The van der Waals surface area contributed by atoms with Gasteiger partial charge in [0.15, 0.2) is 0 Å². The third kappa shape index (κ3) is 8.26. The molecule has 0 unspecified atom stereocenters. The molecular formula is C11H26N2. The molecule has 3 N–H and O–H groups in total. The predicted octanol–water partition coefficient (Wildman–Crippen LogP) is 2.84. The zero-order valence-electron chi connectivity index (χ0n) is 9.31. The number of rotatable bonds is 9. The third-order valence-electron chi connectivity index (χ3n) is 2.63. The Hall–Kier alpha value is -0.0800. The van der Waals surface area contributed by atoms with Crippen molar-refractivity contribution in [1.82, 2.24) is 5.43 Å². The van der Waals surface area contributed by atoms with Crippen molar-refractivity contribution >= 4 is 0 Å². The van der Waals surface area contributed by atoms with Gasteiger partial charge < -0.3 is 0 Å². The molecule has 0 radical (unpaired) electrons. The van der Waals surface area contributed by atoms with Crippen molar-refractivity contribution in [1.29, 1.82) is 0 Å². The fourth-order valence-electron chi connectivity index (χ4n) is 1.71. The molecule has 2 nitrogen and oxygen atoms in total. The Morgan fingerprint density at radius 1 is 1.00 bits per heavy atom. The summed E-state index contributed by atoms with van der Waals surface area (Å²) >= 11 is 0. The van der Waals surface area contributed by atoms with Gasteiger partial charge in [0.05, 0.1) is 0 Å². The molecule has 0 amide bonds. The molecule has 0 atom stereocenters. The summed E-state index contributed by atoms with van der Waals surface area (Å²) in [6.45, 7) is 5.49. The molecule has 0 aliphatic rings. The van der Waals surface area contributed by atoms with E-state index in [0.29, 0.717) is 0 Å². The van der Waals surface area contributed by atoms with Gasteiger partial charge in [-0.15, -0.1) is 0 Å². The summed E-state index contributed by atoms with van der Waals surface area (Å²) in [7, 11) is 0. The molecule has 0 aromatic heterocycles. The Bertz CT molecular complexity index is 75.1. The van der Waals surface area contributed by atoms with Gasteiger partial charge in [0.2, 0.25) is 0 Å². The number of hydrogen-bond donors (Lipinski definition) is 2. The van der Waals surface area contributed by atoms with E-state index in [1.807, 2.05) is 0 Å². The first kappa shape index (κ1) is 12.9. The summed E-state index contributed by atoms with van der Waals surface area (Å²) in [5.41, 5.74) is 2.75. The van der Waals surface area contributed by atoms with Crippen LogP contribution in [0.25, 0.3) is 0 Å². The lowest BCUT2D eigenvalue weighted by Gasteiger charge is -2.15. The number of unbranched alkanes of at least 4 members (excludes halogenated alkanes) is 2. The molecule has 0 aliphatic heterocycles. The second kappa shape index (κ2) is 10.0. The second-order valence-electron chi connectivity index (χ2n) is 3.89. The molecule has 0 aliphatic carbocycles. The van der Waals surface area contributed by atoms with Crippen LogP contribution in [0, 0.1) is 5.92 Å². The first-order valence-corrected chi connectivity index (χ1v) is 5.78. The highest BCUT2D eigenvalue weighted by Gasteiger charge is 2.06. The van der Waals surface area contributed by atoms with Crippen molar-refractivity contribution in [3.8, 4) is 0 Å². The molecular weight excluding hydrogens is 160 g/mol. The van der Waals surface area contributed by atoms with E-state index < -0.39 is 0 Å². The third-order valence-corrected chi connectivity index (χ3v) is 2.63. The van der Waals surface area contributed by atoms with Crippen molar-refractivity contribution in [3.63, 3.8) is 0 Å². The maximum absolute atomic E-state index is 5.28. The van der Waals surface area contributed by atoms with Crippen LogP contribution in [0.2, 0.25) is 0 Å². The predicted molar refractivity (Wildman–Crippen MR) is 59.3 cm³/mol. The maximum atomic E-state index is 5.28. The van der Waals surface area contributed by atoms with Crippen LogP contribution in [0.4, 0.5) is 0 Å². The van der Waals surface area contributed by atoms with E-state index in [-0.39, 0.29) is 0 Å². The maximum Gasteiger partial charge on any atom is 0.01000 e. The lowest BCUT2D eigenvalue weighted by atomic mass is 9.93. The standard InChI is InChI=1S/C11H26N2/c1-3-5-7-11(8-6-4-2)9-10-13-12/h11,13H,3-10,12H2,1-2H3. The molecule has 2 heteroatoms. The molecule has 0 rings (SSSR count). The Kier molecular flexibility index (Phi) is 9.94.